The Labute approximate surface area is 101 Å². The third-order valence-electron chi connectivity index (χ3n) is 3.37. The van der Waals surface area contributed by atoms with Crippen LogP contribution in [0.5, 0.6) is 0 Å². The number of likely N-dealkylation sites (N-methyl/N-ethyl adjacent to an activating group) is 1. The minimum atomic E-state index is 0.672. The van der Waals surface area contributed by atoms with E-state index in [0.717, 1.165) is 19.0 Å². The van der Waals surface area contributed by atoms with Crippen molar-refractivity contribution in [3.63, 3.8) is 0 Å². The standard InChI is InChI=1S/C13H29N3/c1-12(2)10-14-11-13(3)16-7-5-6-15(4)8-9-16/h12-14H,5-11H2,1-4H3. The van der Waals surface area contributed by atoms with E-state index in [9.17, 15) is 0 Å². The van der Waals surface area contributed by atoms with Crippen molar-refractivity contribution in [2.45, 2.75) is 33.2 Å². The van der Waals surface area contributed by atoms with E-state index in [-0.39, 0.29) is 0 Å². The zero-order chi connectivity index (χ0) is 12.0. The molecule has 0 saturated carbocycles. The van der Waals surface area contributed by atoms with Gasteiger partial charge in [-0.3, -0.25) is 4.90 Å². The lowest BCUT2D eigenvalue weighted by atomic mass is 10.2. The van der Waals surface area contributed by atoms with Crippen LogP contribution < -0.4 is 5.32 Å². The molecule has 1 fully saturated rings. The van der Waals surface area contributed by atoms with E-state index in [4.69, 9.17) is 0 Å². The molecule has 16 heavy (non-hydrogen) atoms. The summed E-state index contributed by atoms with van der Waals surface area (Å²) in [6.07, 6.45) is 1.31. The molecule has 1 heterocycles. The van der Waals surface area contributed by atoms with E-state index >= 15 is 0 Å². The maximum Gasteiger partial charge on any atom is 0.0192 e. The third-order valence-corrected chi connectivity index (χ3v) is 3.37. The summed E-state index contributed by atoms with van der Waals surface area (Å²) in [6, 6.07) is 0.672. The smallest absolute Gasteiger partial charge is 0.0192 e. The second-order valence-electron chi connectivity index (χ2n) is 5.59. The first kappa shape index (κ1) is 13.9. The molecule has 0 aromatic rings. The van der Waals surface area contributed by atoms with Gasteiger partial charge in [0.05, 0.1) is 0 Å². The van der Waals surface area contributed by atoms with Crippen LogP contribution in [0.15, 0.2) is 0 Å². The number of hydrogen-bond donors (Lipinski definition) is 1. The monoisotopic (exact) mass is 227 g/mol. The van der Waals surface area contributed by atoms with Crippen molar-refractivity contribution in [3.05, 3.63) is 0 Å². The van der Waals surface area contributed by atoms with Crippen molar-refractivity contribution >= 4 is 0 Å². The lowest BCUT2D eigenvalue weighted by molar-refractivity contribution is 0.209. The summed E-state index contributed by atoms with van der Waals surface area (Å²) in [5, 5.41) is 3.56. The van der Waals surface area contributed by atoms with Crippen LogP contribution in [-0.4, -0.2) is 62.2 Å². The van der Waals surface area contributed by atoms with Crippen LogP contribution in [0.2, 0.25) is 0 Å². The van der Waals surface area contributed by atoms with Gasteiger partial charge in [0, 0.05) is 25.7 Å². The average molecular weight is 227 g/mol. The van der Waals surface area contributed by atoms with Crippen LogP contribution in [-0.2, 0) is 0 Å². The van der Waals surface area contributed by atoms with Gasteiger partial charge in [-0.2, -0.15) is 0 Å². The van der Waals surface area contributed by atoms with E-state index in [1.165, 1.54) is 32.6 Å². The highest BCUT2D eigenvalue weighted by Gasteiger charge is 2.16. The first-order chi connectivity index (χ1) is 7.59. The van der Waals surface area contributed by atoms with Crippen LogP contribution in [0.4, 0.5) is 0 Å². The van der Waals surface area contributed by atoms with Crippen LogP contribution >= 0.6 is 0 Å². The van der Waals surface area contributed by atoms with Gasteiger partial charge in [0.1, 0.15) is 0 Å². The van der Waals surface area contributed by atoms with E-state index in [1.54, 1.807) is 0 Å². The maximum atomic E-state index is 3.56. The summed E-state index contributed by atoms with van der Waals surface area (Å²) < 4.78 is 0. The molecule has 0 spiro atoms. The molecule has 1 rings (SSSR count). The van der Waals surface area contributed by atoms with Gasteiger partial charge in [0.15, 0.2) is 0 Å². The van der Waals surface area contributed by atoms with Gasteiger partial charge in [-0.25, -0.2) is 0 Å². The molecular weight excluding hydrogens is 198 g/mol. The molecule has 0 aromatic carbocycles. The minimum absolute atomic E-state index is 0.672. The molecule has 1 saturated heterocycles. The molecule has 1 aliphatic rings. The van der Waals surface area contributed by atoms with Crippen molar-refractivity contribution in [2.24, 2.45) is 5.92 Å². The predicted octanol–water partition coefficient (Wildman–Crippen LogP) is 1.26. The van der Waals surface area contributed by atoms with E-state index < -0.39 is 0 Å². The normalized spacial score (nSPS) is 22.3. The van der Waals surface area contributed by atoms with Gasteiger partial charge in [-0.05, 0) is 45.9 Å². The zero-order valence-corrected chi connectivity index (χ0v) is 11.5. The van der Waals surface area contributed by atoms with E-state index in [1.807, 2.05) is 0 Å². The molecule has 3 heteroatoms. The molecular formula is C13H29N3. The number of hydrogen-bond acceptors (Lipinski definition) is 3. The molecule has 96 valence electrons. The molecule has 0 aromatic heterocycles. The van der Waals surface area contributed by atoms with Crippen molar-refractivity contribution in [2.75, 3.05) is 46.3 Å². The summed E-state index contributed by atoms with van der Waals surface area (Å²) in [6.45, 7) is 14.1. The average Bonchev–Trinajstić information content (AvgIpc) is 2.42. The lowest BCUT2D eigenvalue weighted by Gasteiger charge is -2.28. The van der Waals surface area contributed by atoms with Crippen LogP contribution in [0.3, 0.4) is 0 Å². The summed E-state index contributed by atoms with van der Waals surface area (Å²) in [5.74, 6) is 0.752. The molecule has 0 radical (unpaired) electrons. The van der Waals surface area contributed by atoms with Crippen molar-refractivity contribution in [1.29, 1.82) is 0 Å². The fraction of sp³-hybridized carbons (Fsp3) is 1.00. The lowest BCUT2D eigenvalue weighted by Crippen LogP contribution is -2.42. The fourth-order valence-corrected chi connectivity index (χ4v) is 2.22. The Morgan fingerprint density at radius 1 is 1.00 bits per heavy atom. The van der Waals surface area contributed by atoms with Gasteiger partial charge in [0.25, 0.3) is 0 Å². The number of nitrogens with one attached hydrogen (secondary N) is 1. The fourth-order valence-electron chi connectivity index (χ4n) is 2.22. The maximum absolute atomic E-state index is 3.56. The molecule has 1 atom stereocenters. The molecule has 0 amide bonds. The Morgan fingerprint density at radius 3 is 2.44 bits per heavy atom. The Bertz CT molecular complexity index is 182. The summed E-state index contributed by atoms with van der Waals surface area (Å²) in [4.78, 5) is 5.06. The summed E-state index contributed by atoms with van der Waals surface area (Å²) >= 11 is 0. The van der Waals surface area contributed by atoms with Gasteiger partial charge in [0.2, 0.25) is 0 Å². The van der Waals surface area contributed by atoms with Crippen LogP contribution in [0, 0.1) is 5.92 Å². The van der Waals surface area contributed by atoms with Gasteiger partial charge in [-0.15, -0.1) is 0 Å². The Hall–Kier alpha value is -0.120. The van der Waals surface area contributed by atoms with Crippen molar-refractivity contribution < 1.29 is 0 Å². The predicted molar refractivity (Wildman–Crippen MR) is 70.9 cm³/mol. The summed E-state index contributed by atoms with van der Waals surface area (Å²) in [5.41, 5.74) is 0. The highest BCUT2D eigenvalue weighted by molar-refractivity contribution is 4.74. The van der Waals surface area contributed by atoms with Gasteiger partial charge >= 0.3 is 0 Å². The van der Waals surface area contributed by atoms with Crippen LogP contribution in [0.1, 0.15) is 27.2 Å². The second-order valence-corrected chi connectivity index (χ2v) is 5.59. The minimum Gasteiger partial charge on any atom is -0.315 e. The molecule has 1 unspecified atom stereocenters. The summed E-state index contributed by atoms with van der Waals surface area (Å²) in [7, 11) is 2.23. The molecule has 0 bridgehead atoms. The first-order valence-electron chi connectivity index (χ1n) is 6.73. The molecule has 3 nitrogen and oxygen atoms in total. The van der Waals surface area contributed by atoms with Crippen LogP contribution in [0.25, 0.3) is 0 Å². The molecule has 0 aliphatic carbocycles. The van der Waals surface area contributed by atoms with E-state index in [2.05, 4.69) is 42.9 Å². The second kappa shape index (κ2) is 7.25. The highest BCUT2D eigenvalue weighted by Crippen LogP contribution is 2.05. The SMILES string of the molecule is CC(C)CNCC(C)N1CCCN(C)CC1. The molecule has 1 N–H and O–H groups in total. The quantitative estimate of drug-likeness (QED) is 0.763. The topological polar surface area (TPSA) is 18.5 Å². The largest absolute Gasteiger partial charge is 0.315 e. The molecule has 1 aliphatic heterocycles. The van der Waals surface area contributed by atoms with Crippen molar-refractivity contribution in [3.8, 4) is 0 Å². The Kier molecular flexibility index (Phi) is 6.32. The van der Waals surface area contributed by atoms with Gasteiger partial charge < -0.3 is 10.2 Å². The van der Waals surface area contributed by atoms with Gasteiger partial charge in [-0.1, -0.05) is 13.8 Å². The zero-order valence-electron chi connectivity index (χ0n) is 11.5. The Morgan fingerprint density at radius 2 is 1.75 bits per heavy atom. The van der Waals surface area contributed by atoms with E-state index in [0.29, 0.717) is 6.04 Å². The highest BCUT2D eigenvalue weighted by atomic mass is 15.2. The number of rotatable bonds is 5. The third kappa shape index (κ3) is 5.28. The Balaban J connectivity index is 2.21. The van der Waals surface area contributed by atoms with Crippen molar-refractivity contribution in [1.82, 2.24) is 15.1 Å². The first-order valence-corrected chi connectivity index (χ1v) is 6.73. The number of nitrogens with zero attached hydrogens (tertiary/aromatic N) is 2.